The molecule has 1 aliphatic rings. The molecule has 2 aromatic carbocycles. The molecule has 0 spiro atoms. The number of hydrogen-bond acceptors (Lipinski definition) is 10. The molecule has 0 saturated carbocycles. The van der Waals surface area contributed by atoms with E-state index < -0.39 is 74.2 Å². The second-order valence-corrected chi connectivity index (χ2v) is 11.2. The van der Waals surface area contributed by atoms with Gasteiger partial charge in [0.1, 0.15) is 17.9 Å². The van der Waals surface area contributed by atoms with E-state index in [-0.39, 0.29) is 10.3 Å². The van der Waals surface area contributed by atoms with Crippen LogP contribution in [0.2, 0.25) is 0 Å². The molecule has 1 aliphatic heterocycles. The van der Waals surface area contributed by atoms with Crippen LogP contribution in [-0.2, 0) is 23.4 Å². The van der Waals surface area contributed by atoms with Crippen LogP contribution < -0.4 is 21.0 Å². The van der Waals surface area contributed by atoms with Crippen LogP contribution in [-0.4, -0.2) is 57.5 Å². The molecule has 1 fully saturated rings. The van der Waals surface area contributed by atoms with Crippen molar-refractivity contribution in [3.63, 3.8) is 0 Å². The lowest BCUT2D eigenvalue weighted by Crippen LogP contribution is -2.42. The summed E-state index contributed by atoms with van der Waals surface area (Å²) in [7, 11) is -4.58. The number of nitrogens with one attached hydrogen (secondary N) is 1. The number of halogens is 3. The minimum absolute atomic E-state index is 0.0782. The summed E-state index contributed by atoms with van der Waals surface area (Å²) < 4.78 is 79.3. The van der Waals surface area contributed by atoms with E-state index in [4.69, 9.17) is 24.3 Å². The minimum atomic E-state index is -4.58. The highest BCUT2D eigenvalue weighted by molar-refractivity contribution is 7.52. The summed E-state index contributed by atoms with van der Waals surface area (Å²) >= 11 is 0. The van der Waals surface area contributed by atoms with Crippen molar-refractivity contribution in [1.82, 2.24) is 14.6 Å². The number of benzene rings is 2. The summed E-state index contributed by atoms with van der Waals surface area (Å²) in [5.74, 6) is -6.93. The first-order chi connectivity index (χ1) is 19.2. The molecule has 4 N–H and O–H groups in total. The number of fused-ring (bicyclic) bond motifs is 1. The van der Waals surface area contributed by atoms with Crippen molar-refractivity contribution in [2.45, 2.75) is 57.3 Å². The largest absolute Gasteiger partial charge is 0.462 e. The van der Waals surface area contributed by atoms with Crippen LogP contribution in [0.4, 0.5) is 19.0 Å². The number of ether oxygens (including phenoxy) is 2. The maximum atomic E-state index is 15.0. The summed E-state index contributed by atoms with van der Waals surface area (Å²) in [5, 5.41) is 14.0. The molecular weight excluding hydrogens is 572 g/mol. The number of hydrogen-bond donors (Lipinski definition) is 3. The first kappa shape index (κ1) is 30.5. The molecule has 16 heteroatoms. The predicted molar refractivity (Wildman–Crippen MR) is 140 cm³/mol. The molecule has 2 heterocycles. The highest BCUT2D eigenvalue weighted by Gasteiger charge is 2.60. The van der Waals surface area contributed by atoms with Crippen LogP contribution in [0.3, 0.4) is 0 Å². The Morgan fingerprint density at radius 1 is 1.24 bits per heavy atom. The topological polar surface area (TPSA) is 164 Å². The molecule has 12 nitrogen and oxygen atoms in total. The number of nitrogens with two attached hydrogens (primary N) is 1. The van der Waals surface area contributed by atoms with E-state index in [9.17, 15) is 32.4 Å². The fraction of sp³-hybridized carbons (Fsp3) is 0.400. The van der Waals surface area contributed by atoms with Gasteiger partial charge >= 0.3 is 25.3 Å². The van der Waals surface area contributed by atoms with Crippen LogP contribution in [0.5, 0.6) is 5.75 Å². The molecule has 41 heavy (non-hydrogen) atoms. The number of esters is 1. The predicted octanol–water partition coefficient (Wildman–Crippen LogP) is 3.14. The summed E-state index contributed by atoms with van der Waals surface area (Å²) in [5.41, 5.74) is 3.85. The maximum absolute atomic E-state index is 15.0. The molecule has 222 valence electrons. The molecule has 4 rings (SSSR count). The smallest absolute Gasteiger partial charge is 0.459 e. The highest BCUT2D eigenvalue weighted by Crippen LogP contribution is 2.49. The third kappa shape index (κ3) is 6.54. The highest BCUT2D eigenvalue weighted by atomic mass is 31.2. The number of aliphatic hydroxyl groups excluding tert-OH is 1. The zero-order valence-corrected chi connectivity index (χ0v) is 23.0. The van der Waals surface area contributed by atoms with Crippen molar-refractivity contribution >= 4 is 30.3 Å². The van der Waals surface area contributed by atoms with Crippen molar-refractivity contribution in [2.75, 3.05) is 12.3 Å². The Labute approximate surface area is 231 Å². The van der Waals surface area contributed by atoms with Crippen LogP contribution >= 0.6 is 7.75 Å². The number of rotatable bonds is 10. The first-order valence-corrected chi connectivity index (χ1v) is 13.9. The van der Waals surface area contributed by atoms with E-state index in [1.54, 1.807) is 50.2 Å². The fourth-order valence-corrected chi connectivity index (χ4v) is 5.54. The second kappa shape index (κ2) is 11.8. The molecule has 3 aromatic rings. The van der Waals surface area contributed by atoms with E-state index in [0.29, 0.717) is 11.6 Å². The molecule has 0 radical (unpaired) electrons. The number of alkyl halides is 2. The lowest BCUT2D eigenvalue weighted by Gasteiger charge is -2.25. The zero-order valence-electron chi connectivity index (χ0n) is 22.1. The number of aromatic nitrogens is 2. The molecule has 5 atom stereocenters. The average Bonchev–Trinajstić information content (AvgIpc) is 3.13. The third-order valence-corrected chi connectivity index (χ3v) is 7.63. The summed E-state index contributed by atoms with van der Waals surface area (Å²) in [4.78, 5) is 27.7. The van der Waals surface area contributed by atoms with Gasteiger partial charge in [0.15, 0.2) is 17.7 Å². The van der Waals surface area contributed by atoms with Gasteiger partial charge in [0.2, 0.25) is 6.23 Å². The normalized spacial score (nSPS) is 22.4. The van der Waals surface area contributed by atoms with E-state index in [1.807, 2.05) is 0 Å². The van der Waals surface area contributed by atoms with Crippen LogP contribution in [0.25, 0.3) is 10.8 Å². The Kier molecular flexibility index (Phi) is 8.76. The number of nitrogen functional groups attached to an aromatic ring is 1. The lowest BCUT2D eigenvalue weighted by molar-refractivity contribution is -0.149. The van der Waals surface area contributed by atoms with Crippen molar-refractivity contribution in [3.05, 3.63) is 65.0 Å². The molecule has 1 saturated heterocycles. The Hall–Kier alpha value is -3.49. The molecular formula is C25H28F3N4O8P. The van der Waals surface area contributed by atoms with E-state index in [2.05, 4.69) is 10.1 Å². The van der Waals surface area contributed by atoms with E-state index in [0.717, 1.165) is 5.39 Å². The van der Waals surface area contributed by atoms with Gasteiger partial charge in [0.25, 0.3) is 0 Å². The quantitative estimate of drug-likeness (QED) is 0.231. The van der Waals surface area contributed by atoms with Crippen LogP contribution in [0.1, 0.15) is 27.0 Å². The fourth-order valence-electron chi connectivity index (χ4n) is 4.02. The standard InChI is InChI=1S/C25H28F3N4O8P/c1-13(2)38-22(34)14(3)31-41(36,40-18-10-6-8-15-7-4-5-9-16(15)18)37-12-19-20(33)25(27,28)23(39-19)32-11-17(26)21(29)30-24(32)35/h4-11,13-14,19-20,23,33H,12H2,1-3H3,(H,31,36)(H2,29,30,35). The minimum Gasteiger partial charge on any atom is -0.462 e. The average molecular weight is 600 g/mol. The number of aliphatic hydroxyl groups is 1. The maximum Gasteiger partial charge on any atom is 0.459 e. The first-order valence-electron chi connectivity index (χ1n) is 12.4. The number of nitrogens with zero attached hydrogens (tertiary/aromatic N) is 2. The Balaban J connectivity index is 1.60. The van der Waals surface area contributed by atoms with Crippen molar-refractivity contribution in [3.8, 4) is 5.75 Å². The van der Waals surface area contributed by atoms with Gasteiger partial charge in [-0.25, -0.2) is 13.8 Å². The van der Waals surface area contributed by atoms with Gasteiger partial charge < -0.3 is 24.8 Å². The second-order valence-electron chi connectivity index (χ2n) is 9.51. The molecule has 0 bridgehead atoms. The lowest BCUT2D eigenvalue weighted by atomic mass is 10.1. The SMILES string of the molecule is CC(C)OC(=O)C(C)NP(=O)(OCC1OC(n2cc(F)c(N)nc2=O)C(F)(F)C1O)Oc1cccc2ccccc12. The van der Waals surface area contributed by atoms with Crippen molar-refractivity contribution in [2.24, 2.45) is 0 Å². The Morgan fingerprint density at radius 2 is 1.93 bits per heavy atom. The van der Waals surface area contributed by atoms with Crippen molar-refractivity contribution < 1.29 is 46.2 Å². The molecule has 0 aliphatic carbocycles. The number of carbonyl (C=O) groups excluding carboxylic acids is 1. The third-order valence-electron chi connectivity index (χ3n) is 6.00. The van der Waals surface area contributed by atoms with Crippen LogP contribution in [0, 0.1) is 5.82 Å². The monoisotopic (exact) mass is 600 g/mol. The number of carbonyl (C=O) groups is 1. The van der Waals surface area contributed by atoms with Crippen molar-refractivity contribution in [1.29, 1.82) is 0 Å². The van der Waals surface area contributed by atoms with Gasteiger partial charge in [0.05, 0.1) is 18.9 Å². The summed E-state index contributed by atoms with van der Waals surface area (Å²) in [6, 6.07) is 10.5. The van der Waals surface area contributed by atoms with Gasteiger partial charge in [-0.05, 0) is 32.2 Å². The Bertz CT molecular complexity index is 1530. The van der Waals surface area contributed by atoms with Gasteiger partial charge in [0, 0.05) is 5.39 Å². The van der Waals surface area contributed by atoms with Gasteiger partial charge in [-0.15, -0.1) is 0 Å². The number of anilines is 1. The Morgan fingerprint density at radius 3 is 2.63 bits per heavy atom. The van der Waals surface area contributed by atoms with Crippen LogP contribution in [0.15, 0.2) is 53.5 Å². The van der Waals surface area contributed by atoms with Gasteiger partial charge in [-0.2, -0.15) is 18.9 Å². The molecule has 5 unspecified atom stereocenters. The summed E-state index contributed by atoms with van der Waals surface area (Å²) in [6.07, 6.45) is -7.09. The zero-order chi connectivity index (χ0) is 30.1. The van der Waals surface area contributed by atoms with Gasteiger partial charge in [-0.1, -0.05) is 36.4 Å². The van der Waals surface area contributed by atoms with E-state index in [1.165, 1.54) is 13.0 Å². The van der Waals surface area contributed by atoms with E-state index >= 15 is 0 Å². The molecule has 0 amide bonds. The molecule has 1 aromatic heterocycles. The van der Waals surface area contributed by atoms with Gasteiger partial charge in [-0.3, -0.25) is 13.9 Å². The summed E-state index contributed by atoms with van der Waals surface area (Å²) in [6.45, 7) is 3.58.